The van der Waals surface area contributed by atoms with Crippen LogP contribution in [0.25, 0.3) is 0 Å². The van der Waals surface area contributed by atoms with Crippen molar-refractivity contribution < 1.29 is 14.4 Å². The van der Waals surface area contributed by atoms with Gasteiger partial charge >= 0.3 is 0 Å². The Labute approximate surface area is 78.5 Å². The molecule has 0 aliphatic carbocycles. The quantitative estimate of drug-likeness (QED) is 0.491. The van der Waals surface area contributed by atoms with Gasteiger partial charge in [-0.05, 0) is 24.6 Å². The molecule has 0 N–H and O–H groups in total. The largest absolute Gasteiger partial charge is 0.299 e. The van der Waals surface area contributed by atoms with E-state index in [1.54, 1.807) is 6.92 Å². The van der Waals surface area contributed by atoms with Gasteiger partial charge in [0, 0.05) is 0 Å². The number of rotatable bonds is 3. The van der Waals surface area contributed by atoms with Crippen molar-refractivity contribution in [2.24, 2.45) is 0 Å². The van der Waals surface area contributed by atoms with E-state index in [2.05, 4.69) is 19.7 Å². The molecule has 13 heavy (non-hydrogen) atoms. The SMILES string of the molecule is C=C(C)C=O.C=CC=O.C=CC=O. The van der Waals surface area contributed by atoms with E-state index in [0.29, 0.717) is 18.1 Å². The molecule has 0 spiro atoms. The molecular weight excluding hydrogens is 168 g/mol. The van der Waals surface area contributed by atoms with Gasteiger partial charge in [0.25, 0.3) is 0 Å². The Bertz CT molecular complexity index is 157. The van der Waals surface area contributed by atoms with Gasteiger partial charge in [-0.25, -0.2) is 0 Å². The molecule has 0 unspecified atom stereocenters. The maximum atomic E-state index is 9.41. The van der Waals surface area contributed by atoms with Gasteiger partial charge < -0.3 is 0 Å². The Morgan fingerprint density at radius 3 is 1.15 bits per heavy atom. The summed E-state index contributed by atoms with van der Waals surface area (Å²) in [6.45, 7) is 11.2. The summed E-state index contributed by atoms with van der Waals surface area (Å²) in [7, 11) is 0. The first-order valence-electron chi connectivity index (χ1n) is 3.33. The predicted octanol–water partition coefficient (Wildman–Crippen LogP) is 1.50. The summed E-state index contributed by atoms with van der Waals surface area (Å²) < 4.78 is 0. The molecule has 0 saturated heterocycles. The lowest BCUT2D eigenvalue weighted by Gasteiger charge is -1.65. The normalized spacial score (nSPS) is 5.62. The molecule has 0 aromatic carbocycles. The first-order chi connectivity index (χ1) is 6.10. The van der Waals surface area contributed by atoms with Crippen LogP contribution in [0.3, 0.4) is 0 Å². The second-order valence-corrected chi connectivity index (χ2v) is 1.71. The summed E-state index contributed by atoms with van der Waals surface area (Å²) in [5, 5.41) is 0. The van der Waals surface area contributed by atoms with E-state index in [0.717, 1.165) is 6.29 Å². The van der Waals surface area contributed by atoms with Gasteiger partial charge in [0.15, 0.2) is 0 Å². The number of hydrogen-bond donors (Lipinski definition) is 0. The molecule has 0 aromatic rings. The highest BCUT2D eigenvalue weighted by atomic mass is 16.1. The lowest BCUT2D eigenvalue weighted by atomic mass is 10.4. The van der Waals surface area contributed by atoms with Gasteiger partial charge in [-0.15, -0.1) is 0 Å². The summed E-state index contributed by atoms with van der Waals surface area (Å²) in [6.07, 6.45) is 4.39. The van der Waals surface area contributed by atoms with Crippen LogP contribution >= 0.6 is 0 Å². The molecule has 0 heterocycles. The summed E-state index contributed by atoms with van der Waals surface area (Å²) in [5.74, 6) is 0. The van der Waals surface area contributed by atoms with Crippen LogP contribution in [0.15, 0.2) is 37.5 Å². The monoisotopic (exact) mass is 182 g/mol. The van der Waals surface area contributed by atoms with Gasteiger partial charge in [0.2, 0.25) is 0 Å². The zero-order valence-electron chi connectivity index (χ0n) is 7.73. The minimum absolute atomic E-state index is 0.574. The zero-order chi connectivity index (χ0) is 11.1. The van der Waals surface area contributed by atoms with Gasteiger partial charge in [-0.3, -0.25) is 14.4 Å². The second kappa shape index (κ2) is 22.5. The lowest BCUT2D eigenvalue weighted by Crippen LogP contribution is -1.65. The van der Waals surface area contributed by atoms with Crippen molar-refractivity contribution in [1.29, 1.82) is 0 Å². The zero-order valence-corrected chi connectivity index (χ0v) is 7.73. The van der Waals surface area contributed by atoms with E-state index >= 15 is 0 Å². The molecular formula is C10H14O3. The van der Waals surface area contributed by atoms with E-state index in [1.807, 2.05) is 0 Å². The molecule has 72 valence electrons. The van der Waals surface area contributed by atoms with E-state index in [-0.39, 0.29) is 0 Å². The molecule has 0 radical (unpaired) electrons. The van der Waals surface area contributed by atoms with Crippen molar-refractivity contribution in [2.75, 3.05) is 0 Å². The minimum atomic E-state index is 0.574. The summed E-state index contributed by atoms with van der Waals surface area (Å²) in [5.41, 5.74) is 0.574. The van der Waals surface area contributed by atoms with Crippen LogP contribution in [0.5, 0.6) is 0 Å². The van der Waals surface area contributed by atoms with Crippen molar-refractivity contribution in [1.82, 2.24) is 0 Å². The molecule has 0 atom stereocenters. The molecule has 0 aliphatic heterocycles. The van der Waals surface area contributed by atoms with E-state index in [1.165, 1.54) is 12.2 Å². The van der Waals surface area contributed by atoms with Gasteiger partial charge in [-0.2, -0.15) is 0 Å². The van der Waals surface area contributed by atoms with Crippen LogP contribution < -0.4 is 0 Å². The van der Waals surface area contributed by atoms with Gasteiger partial charge in [0.05, 0.1) is 0 Å². The van der Waals surface area contributed by atoms with Crippen molar-refractivity contribution in [3.05, 3.63) is 37.5 Å². The number of carbonyl (C=O) groups excluding carboxylic acids is 3. The highest BCUT2D eigenvalue weighted by Gasteiger charge is 1.66. The Morgan fingerprint density at radius 2 is 1.15 bits per heavy atom. The average Bonchev–Trinajstić information content (AvgIpc) is 2.18. The molecule has 3 nitrogen and oxygen atoms in total. The Kier molecular flexibility index (Phi) is 30.0. The molecule has 0 saturated carbocycles. The van der Waals surface area contributed by atoms with Crippen molar-refractivity contribution >= 4 is 18.9 Å². The van der Waals surface area contributed by atoms with Crippen LogP contribution in [-0.4, -0.2) is 18.9 Å². The first-order valence-corrected chi connectivity index (χ1v) is 3.33. The Morgan fingerprint density at radius 1 is 1.00 bits per heavy atom. The van der Waals surface area contributed by atoms with Crippen LogP contribution in [0.4, 0.5) is 0 Å². The fourth-order valence-corrected chi connectivity index (χ4v) is 0. The maximum absolute atomic E-state index is 9.41. The van der Waals surface area contributed by atoms with Crippen molar-refractivity contribution in [3.8, 4) is 0 Å². The molecule has 3 heteroatoms. The predicted molar refractivity (Wildman–Crippen MR) is 53.4 cm³/mol. The Hall–Kier alpha value is -1.77. The average molecular weight is 182 g/mol. The highest BCUT2D eigenvalue weighted by molar-refractivity contribution is 5.70. The molecule has 0 aliphatic rings. The van der Waals surface area contributed by atoms with Crippen LogP contribution in [0.1, 0.15) is 6.92 Å². The van der Waals surface area contributed by atoms with Crippen molar-refractivity contribution in [3.63, 3.8) is 0 Å². The fourth-order valence-electron chi connectivity index (χ4n) is 0. The maximum Gasteiger partial charge on any atom is 0.145 e. The first kappa shape index (κ1) is 17.4. The summed E-state index contributed by atoms with van der Waals surface area (Å²) in [6, 6.07) is 0. The minimum Gasteiger partial charge on any atom is -0.299 e. The standard InChI is InChI=1S/C4H6O.2C3H4O/c1-4(2)3-5;2*1-2-3-4/h3H,1H2,2H3;2*2-3H,1H2. The Balaban J connectivity index is -0.000000117. The second-order valence-electron chi connectivity index (χ2n) is 1.71. The van der Waals surface area contributed by atoms with E-state index in [9.17, 15) is 4.79 Å². The number of carbonyl (C=O) groups is 3. The smallest absolute Gasteiger partial charge is 0.145 e. The highest BCUT2D eigenvalue weighted by Crippen LogP contribution is 1.70. The number of hydrogen-bond acceptors (Lipinski definition) is 3. The lowest BCUT2D eigenvalue weighted by molar-refractivity contribution is -0.105. The molecule has 0 rings (SSSR count). The summed E-state index contributed by atoms with van der Waals surface area (Å²) in [4.78, 5) is 27.5. The molecule has 0 fully saturated rings. The molecule has 0 aromatic heterocycles. The van der Waals surface area contributed by atoms with Crippen LogP contribution in [-0.2, 0) is 14.4 Å². The molecule has 0 bridgehead atoms. The van der Waals surface area contributed by atoms with Crippen LogP contribution in [0, 0.1) is 0 Å². The third kappa shape index (κ3) is 139. The number of allylic oxidation sites excluding steroid dienone is 3. The van der Waals surface area contributed by atoms with E-state index in [4.69, 9.17) is 9.59 Å². The van der Waals surface area contributed by atoms with Gasteiger partial charge in [0.1, 0.15) is 18.9 Å². The topological polar surface area (TPSA) is 51.2 Å². The van der Waals surface area contributed by atoms with E-state index < -0.39 is 0 Å². The third-order valence-corrected chi connectivity index (χ3v) is 0.394. The third-order valence-electron chi connectivity index (χ3n) is 0.394. The molecule has 0 amide bonds. The van der Waals surface area contributed by atoms with Crippen molar-refractivity contribution in [2.45, 2.75) is 6.92 Å². The fraction of sp³-hybridized carbons (Fsp3) is 0.100. The van der Waals surface area contributed by atoms with Crippen LogP contribution in [0.2, 0.25) is 0 Å². The number of aldehydes is 3. The summed E-state index contributed by atoms with van der Waals surface area (Å²) >= 11 is 0. The van der Waals surface area contributed by atoms with Gasteiger partial charge in [-0.1, -0.05) is 19.7 Å².